The largest absolute Gasteiger partial charge is 0.372 e. The molecule has 2 aromatic rings. The molecule has 1 aliphatic heterocycles. The van der Waals surface area contributed by atoms with Crippen molar-refractivity contribution < 1.29 is 4.74 Å². The minimum Gasteiger partial charge on any atom is -0.372 e. The summed E-state index contributed by atoms with van der Waals surface area (Å²) < 4.78 is 7.44. The second-order valence-corrected chi connectivity index (χ2v) is 3.92. The highest BCUT2D eigenvalue weighted by Gasteiger charge is 2.13. The number of hydrogen-bond donors (Lipinski definition) is 0. The summed E-state index contributed by atoms with van der Waals surface area (Å²) in [6, 6.07) is 6.36. The number of ether oxygens (including phenoxy) is 1. The Morgan fingerprint density at radius 2 is 2.19 bits per heavy atom. The highest BCUT2D eigenvalue weighted by Crippen LogP contribution is 2.25. The highest BCUT2D eigenvalue weighted by atomic mass is 16.5. The van der Waals surface area contributed by atoms with Crippen LogP contribution in [0.25, 0.3) is 11.4 Å². The van der Waals surface area contributed by atoms with Gasteiger partial charge in [0.15, 0.2) is 5.82 Å². The minimum atomic E-state index is 0.712. The second-order valence-electron chi connectivity index (χ2n) is 3.92. The molecular weight excluding hydrogens is 202 g/mol. The number of aromatic nitrogens is 3. The Morgan fingerprint density at radius 1 is 1.31 bits per heavy atom. The summed E-state index contributed by atoms with van der Waals surface area (Å²) in [6.45, 7) is 4.42. The monoisotopic (exact) mass is 215 g/mol. The predicted octanol–water partition coefficient (Wildman–Crippen LogP) is 2.00. The molecular formula is C12H13N3O. The van der Waals surface area contributed by atoms with Crippen LogP contribution in [0.4, 0.5) is 0 Å². The van der Waals surface area contributed by atoms with E-state index in [-0.39, 0.29) is 0 Å². The first kappa shape index (κ1) is 9.54. The van der Waals surface area contributed by atoms with Gasteiger partial charge in [-0.3, -0.25) is 0 Å². The SMILES string of the molecule is CCn1cnnc1-c1ccc2c(c1)COC2. The number of aryl methyl sites for hydroxylation is 1. The fraction of sp³-hybridized carbons (Fsp3) is 0.333. The number of nitrogens with zero attached hydrogens (tertiary/aromatic N) is 3. The molecule has 1 aliphatic rings. The van der Waals surface area contributed by atoms with Crippen LogP contribution in [0, 0.1) is 0 Å². The van der Waals surface area contributed by atoms with Gasteiger partial charge in [0.25, 0.3) is 0 Å². The van der Waals surface area contributed by atoms with Gasteiger partial charge in [-0.15, -0.1) is 10.2 Å². The van der Waals surface area contributed by atoms with Crippen LogP contribution < -0.4 is 0 Å². The zero-order valence-electron chi connectivity index (χ0n) is 9.18. The van der Waals surface area contributed by atoms with Gasteiger partial charge in [-0.05, 0) is 24.1 Å². The van der Waals surface area contributed by atoms with Gasteiger partial charge in [0, 0.05) is 12.1 Å². The van der Waals surface area contributed by atoms with Gasteiger partial charge in [0.1, 0.15) is 6.33 Å². The third kappa shape index (κ3) is 1.42. The van der Waals surface area contributed by atoms with E-state index < -0.39 is 0 Å². The summed E-state index contributed by atoms with van der Waals surface area (Å²) in [6.07, 6.45) is 1.76. The lowest BCUT2D eigenvalue weighted by Crippen LogP contribution is -1.96. The molecule has 0 unspecified atom stereocenters. The Kier molecular flexibility index (Phi) is 2.22. The lowest BCUT2D eigenvalue weighted by molar-refractivity contribution is 0.134. The third-order valence-corrected chi connectivity index (χ3v) is 2.94. The fourth-order valence-corrected chi connectivity index (χ4v) is 2.02. The molecule has 0 amide bonds. The molecule has 1 aromatic carbocycles. The quantitative estimate of drug-likeness (QED) is 0.769. The Bertz CT molecular complexity index is 519. The Hall–Kier alpha value is -1.68. The molecule has 0 atom stereocenters. The summed E-state index contributed by atoms with van der Waals surface area (Å²) in [7, 11) is 0. The molecule has 0 radical (unpaired) electrons. The van der Waals surface area contributed by atoms with Crippen molar-refractivity contribution in [3.05, 3.63) is 35.7 Å². The zero-order chi connectivity index (χ0) is 11.0. The van der Waals surface area contributed by atoms with Crippen molar-refractivity contribution in [2.45, 2.75) is 26.7 Å². The van der Waals surface area contributed by atoms with E-state index in [1.54, 1.807) is 6.33 Å². The average Bonchev–Trinajstić information content (AvgIpc) is 2.96. The third-order valence-electron chi connectivity index (χ3n) is 2.94. The van der Waals surface area contributed by atoms with Crippen LogP contribution in [0.2, 0.25) is 0 Å². The molecule has 2 heterocycles. The zero-order valence-corrected chi connectivity index (χ0v) is 9.18. The molecule has 0 bridgehead atoms. The van der Waals surface area contributed by atoms with Gasteiger partial charge in [0.2, 0.25) is 0 Å². The highest BCUT2D eigenvalue weighted by molar-refractivity contribution is 5.57. The van der Waals surface area contributed by atoms with Gasteiger partial charge in [-0.25, -0.2) is 0 Å². The first-order valence-corrected chi connectivity index (χ1v) is 5.46. The van der Waals surface area contributed by atoms with E-state index in [0.717, 1.165) is 24.5 Å². The van der Waals surface area contributed by atoms with Crippen LogP contribution in [-0.2, 0) is 24.5 Å². The maximum atomic E-state index is 5.40. The van der Waals surface area contributed by atoms with Gasteiger partial charge < -0.3 is 9.30 Å². The van der Waals surface area contributed by atoms with E-state index in [0.29, 0.717) is 6.61 Å². The Labute approximate surface area is 93.9 Å². The number of fused-ring (bicyclic) bond motifs is 1. The number of benzene rings is 1. The van der Waals surface area contributed by atoms with Crippen molar-refractivity contribution in [1.82, 2.24) is 14.8 Å². The first-order valence-electron chi connectivity index (χ1n) is 5.46. The van der Waals surface area contributed by atoms with Crippen molar-refractivity contribution in [2.24, 2.45) is 0 Å². The smallest absolute Gasteiger partial charge is 0.163 e. The molecule has 16 heavy (non-hydrogen) atoms. The minimum absolute atomic E-state index is 0.712. The lowest BCUT2D eigenvalue weighted by atomic mass is 10.1. The predicted molar refractivity (Wildman–Crippen MR) is 59.6 cm³/mol. The van der Waals surface area contributed by atoms with Crippen LogP contribution in [0.1, 0.15) is 18.1 Å². The standard InChI is InChI=1S/C12H13N3O/c1-2-15-8-13-14-12(15)9-3-4-10-6-16-7-11(10)5-9/h3-5,8H,2,6-7H2,1H3. The Morgan fingerprint density at radius 3 is 3.06 bits per heavy atom. The van der Waals surface area contributed by atoms with E-state index in [9.17, 15) is 0 Å². The topological polar surface area (TPSA) is 39.9 Å². The van der Waals surface area contributed by atoms with Crippen molar-refractivity contribution in [1.29, 1.82) is 0 Å². The molecule has 0 saturated heterocycles. The molecule has 4 heteroatoms. The molecule has 0 fully saturated rings. The van der Waals surface area contributed by atoms with Gasteiger partial charge >= 0.3 is 0 Å². The van der Waals surface area contributed by atoms with Gasteiger partial charge in [-0.1, -0.05) is 12.1 Å². The summed E-state index contributed by atoms with van der Waals surface area (Å²) in [5.74, 6) is 0.928. The lowest BCUT2D eigenvalue weighted by Gasteiger charge is -2.04. The van der Waals surface area contributed by atoms with Crippen molar-refractivity contribution in [3.8, 4) is 11.4 Å². The summed E-state index contributed by atoms with van der Waals surface area (Å²) >= 11 is 0. The molecule has 3 rings (SSSR count). The molecule has 0 saturated carbocycles. The number of hydrogen-bond acceptors (Lipinski definition) is 3. The van der Waals surface area contributed by atoms with Crippen LogP contribution in [0.15, 0.2) is 24.5 Å². The van der Waals surface area contributed by atoms with Crippen LogP contribution in [0.5, 0.6) is 0 Å². The van der Waals surface area contributed by atoms with Crippen molar-refractivity contribution >= 4 is 0 Å². The van der Waals surface area contributed by atoms with Gasteiger partial charge in [-0.2, -0.15) is 0 Å². The summed E-state index contributed by atoms with van der Waals surface area (Å²) in [5.41, 5.74) is 3.66. The number of rotatable bonds is 2. The van der Waals surface area contributed by atoms with E-state index >= 15 is 0 Å². The van der Waals surface area contributed by atoms with E-state index in [1.807, 2.05) is 4.57 Å². The fourth-order valence-electron chi connectivity index (χ4n) is 2.02. The maximum Gasteiger partial charge on any atom is 0.163 e. The van der Waals surface area contributed by atoms with E-state index in [2.05, 4.69) is 35.3 Å². The van der Waals surface area contributed by atoms with Crippen molar-refractivity contribution in [3.63, 3.8) is 0 Å². The molecule has 0 aliphatic carbocycles. The van der Waals surface area contributed by atoms with E-state index in [4.69, 9.17) is 4.74 Å². The average molecular weight is 215 g/mol. The molecule has 1 aromatic heterocycles. The Balaban J connectivity index is 2.07. The van der Waals surface area contributed by atoms with Crippen molar-refractivity contribution in [2.75, 3.05) is 0 Å². The molecule has 4 nitrogen and oxygen atoms in total. The molecule has 82 valence electrons. The van der Waals surface area contributed by atoms with Gasteiger partial charge in [0.05, 0.1) is 13.2 Å². The van der Waals surface area contributed by atoms with Crippen LogP contribution in [-0.4, -0.2) is 14.8 Å². The van der Waals surface area contributed by atoms with Crippen LogP contribution >= 0.6 is 0 Å². The van der Waals surface area contributed by atoms with E-state index in [1.165, 1.54) is 11.1 Å². The first-order chi connectivity index (χ1) is 7.88. The molecule has 0 N–H and O–H groups in total. The summed E-state index contributed by atoms with van der Waals surface area (Å²) in [4.78, 5) is 0. The maximum absolute atomic E-state index is 5.40. The summed E-state index contributed by atoms with van der Waals surface area (Å²) in [5, 5.41) is 8.10. The van der Waals surface area contributed by atoms with Crippen LogP contribution in [0.3, 0.4) is 0 Å². The normalized spacial score (nSPS) is 14.1. The molecule has 0 spiro atoms. The second kappa shape index (κ2) is 3.72.